The number of nitrogens with one attached hydrogen (secondary N) is 1. The monoisotopic (exact) mass is 383 g/mol. The Hall–Kier alpha value is -2.89. The van der Waals surface area contributed by atoms with Gasteiger partial charge in [-0.2, -0.15) is 5.26 Å². The van der Waals surface area contributed by atoms with Crippen LogP contribution in [-0.4, -0.2) is 24.0 Å². The fourth-order valence-electron chi connectivity index (χ4n) is 2.98. The summed E-state index contributed by atoms with van der Waals surface area (Å²) in [5.41, 5.74) is 0.557. The third kappa shape index (κ3) is 3.79. The second-order valence-electron chi connectivity index (χ2n) is 6.16. The molecular weight excluding hydrogens is 366 g/mol. The molecular formula is C19H17N3O4S. The van der Waals surface area contributed by atoms with Gasteiger partial charge in [0.2, 0.25) is 5.76 Å². The van der Waals surface area contributed by atoms with E-state index in [4.69, 9.17) is 18.8 Å². The van der Waals surface area contributed by atoms with Crippen LogP contribution in [0.15, 0.2) is 39.4 Å². The van der Waals surface area contributed by atoms with Crippen molar-refractivity contribution in [2.24, 2.45) is 5.92 Å². The summed E-state index contributed by atoms with van der Waals surface area (Å²) in [5, 5.41) is 12.6. The molecule has 0 saturated carbocycles. The molecule has 1 aliphatic heterocycles. The summed E-state index contributed by atoms with van der Waals surface area (Å²) in [6.45, 7) is 1.59. The number of hydrogen-bond donors (Lipinski definition) is 1. The summed E-state index contributed by atoms with van der Waals surface area (Å²) in [6.07, 6.45) is 3.01. The zero-order valence-electron chi connectivity index (χ0n) is 14.4. The minimum absolute atomic E-state index is 0.0518. The van der Waals surface area contributed by atoms with Gasteiger partial charge in [-0.25, -0.2) is 4.98 Å². The maximum absolute atomic E-state index is 13.0. The molecule has 1 N–H and O–H groups in total. The van der Waals surface area contributed by atoms with Crippen LogP contribution >= 0.6 is 11.3 Å². The van der Waals surface area contributed by atoms with Crippen molar-refractivity contribution < 1.29 is 18.4 Å². The van der Waals surface area contributed by atoms with Gasteiger partial charge in [0.15, 0.2) is 16.7 Å². The zero-order chi connectivity index (χ0) is 18.6. The molecule has 0 atom stereocenters. The highest BCUT2D eigenvalue weighted by molar-refractivity contribution is 7.18. The quantitative estimate of drug-likeness (QED) is 0.640. The van der Waals surface area contributed by atoms with Crippen molar-refractivity contribution >= 4 is 22.3 Å². The van der Waals surface area contributed by atoms with Gasteiger partial charge in [0.1, 0.15) is 22.4 Å². The zero-order valence-corrected chi connectivity index (χ0v) is 15.3. The molecule has 138 valence electrons. The molecule has 1 fully saturated rings. The predicted octanol–water partition coefficient (Wildman–Crippen LogP) is 4.09. The SMILES string of the molecule is N#Cc1ccc(CNc2nc(-c3ccco3)c(C(=O)C3CCOCC3)s2)o1. The number of rotatable bonds is 6. The van der Waals surface area contributed by atoms with E-state index in [0.29, 0.717) is 47.0 Å². The molecule has 7 nitrogen and oxygen atoms in total. The summed E-state index contributed by atoms with van der Waals surface area (Å²) in [4.78, 5) is 18.2. The van der Waals surface area contributed by atoms with E-state index in [1.807, 2.05) is 6.07 Å². The number of anilines is 1. The van der Waals surface area contributed by atoms with Gasteiger partial charge in [0, 0.05) is 19.1 Å². The Morgan fingerprint density at radius 1 is 1.33 bits per heavy atom. The lowest BCUT2D eigenvalue weighted by Gasteiger charge is -2.20. The number of Topliss-reactive ketones (excluding diaryl/α,β-unsaturated/α-hetero) is 1. The van der Waals surface area contributed by atoms with Crippen molar-refractivity contribution in [3.8, 4) is 17.5 Å². The molecule has 1 aliphatic rings. The Morgan fingerprint density at radius 2 is 2.19 bits per heavy atom. The maximum Gasteiger partial charge on any atom is 0.203 e. The van der Waals surface area contributed by atoms with Crippen molar-refractivity contribution in [2.45, 2.75) is 19.4 Å². The summed E-state index contributed by atoms with van der Waals surface area (Å²) in [6, 6.07) is 8.88. The van der Waals surface area contributed by atoms with E-state index in [0.717, 1.165) is 12.8 Å². The summed E-state index contributed by atoms with van der Waals surface area (Å²) in [7, 11) is 0. The first-order valence-corrected chi connectivity index (χ1v) is 9.45. The first kappa shape index (κ1) is 17.5. The molecule has 3 aromatic heterocycles. The molecule has 0 bridgehead atoms. The van der Waals surface area contributed by atoms with Gasteiger partial charge in [-0.05, 0) is 37.1 Å². The molecule has 0 spiro atoms. The highest BCUT2D eigenvalue weighted by atomic mass is 32.1. The Balaban J connectivity index is 1.57. The van der Waals surface area contributed by atoms with Crippen LogP contribution in [-0.2, 0) is 11.3 Å². The van der Waals surface area contributed by atoms with E-state index in [1.54, 1.807) is 30.5 Å². The number of nitrogens with zero attached hydrogens (tertiary/aromatic N) is 2. The first-order valence-electron chi connectivity index (χ1n) is 8.64. The van der Waals surface area contributed by atoms with E-state index in [1.165, 1.54) is 11.3 Å². The van der Waals surface area contributed by atoms with Crippen LogP contribution in [0.2, 0.25) is 0 Å². The lowest BCUT2D eigenvalue weighted by Crippen LogP contribution is -2.23. The summed E-state index contributed by atoms with van der Waals surface area (Å²) in [5.74, 6) is 1.49. The molecule has 0 aromatic carbocycles. The average molecular weight is 383 g/mol. The van der Waals surface area contributed by atoms with Crippen LogP contribution in [0.3, 0.4) is 0 Å². The van der Waals surface area contributed by atoms with Gasteiger partial charge in [-0.1, -0.05) is 11.3 Å². The number of ketones is 1. The minimum Gasteiger partial charge on any atom is -0.463 e. The average Bonchev–Trinajstić information content (AvgIpc) is 3.46. The van der Waals surface area contributed by atoms with Gasteiger partial charge in [0.25, 0.3) is 0 Å². The third-order valence-electron chi connectivity index (χ3n) is 4.38. The van der Waals surface area contributed by atoms with Gasteiger partial charge in [-0.3, -0.25) is 4.79 Å². The van der Waals surface area contributed by atoms with Crippen molar-refractivity contribution in [1.29, 1.82) is 5.26 Å². The number of thiazole rings is 1. The molecule has 0 amide bonds. The Kier molecular flexibility index (Phi) is 5.05. The summed E-state index contributed by atoms with van der Waals surface area (Å²) >= 11 is 1.31. The fourth-order valence-corrected chi connectivity index (χ4v) is 3.97. The number of carbonyl (C=O) groups is 1. The van der Waals surface area contributed by atoms with E-state index < -0.39 is 0 Å². The van der Waals surface area contributed by atoms with E-state index >= 15 is 0 Å². The number of furan rings is 2. The van der Waals surface area contributed by atoms with Crippen LogP contribution in [0.25, 0.3) is 11.5 Å². The van der Waals surface area contributed by atoms with Crippen molar-refractivity contribution in [3.63, 3.8) is 0 Å². The van der Waals surface area contributed by atoms with Crippen LogP contribution in [0.4, 0.5) is 5.13 Å². The second-order valence-corrected chi connectivity index (χ2v) is 7.16. The number of hydrogen-bond acceptors (Lipinski definition) is 8. The second kappa shape index (κ2) is 7.78. The molecule has 1 saturated heterocycles. The molecule has 0 unspecified atom stereocenters. The number of carbonyl (C=O) groups excluding carboxylic acids is 1. The topological polar surface area (TPSA) is 101 Å². The normalized spacial score (nSPS) is 14.8. The van der Waals surface area contributed by atoms with Gasteiger partial charge in [0.05, 0.1) is 12.8 Å². The van der Waals surface area contributed by atoms with Crippen molar-refractivity contribution in [2.75, 3.05) is 18.5 Å². The molecule has 3 aromatic rings. The highest BCUT2D eigenvalue weighted by Crippen LogP contribution is 2.35. The smallest absolute Gasteiger partial charge is 0.203 e. The van der Waals surface area contributed by atoms with E-state index in [-0.39, 0.29) is 17.5 Å². The number of aromatic nitrogens is 1. The lowest BCUT2D eigenvalue weighted by molar-refractivity contribution is 0.0547. The standard InChI is InChI=1S/C19H17N3O4S/c20-10-13-3-4-14(26-13)11-21-19-22-16(15-2-1-7-25-15)18(27-19)17(23)12-5-8-24-9-6-12/h1-4,7,12H,5-6,8-9,11H2,(H,21,22). The predicted molar refractivity (Wildman–Crippen MR) is 98.4 cm³/mol. The molecule has 8 heteroatoms. The van der Waals surface area contributed by atoms with Gasteiger partial charge in [-0.15, -0.1) is 0 Å². The highest BCUT2D eigenvalue weighted by Gasteiger charge is 2.29. The van der Waals surface area contributed by atoms with Crippen LogP contribution < -0.4 is 5.32 Å². The molecule has 4 heterocycles. The maximum atomic E-state index is 13.0. The summed E-state index contributed by atoms with van der Waals surface area (Å²) < 4.78 is 16.2. The molecule has 0 aliphatic carbocycles. The van der Waals surface area contributed by atoms with E-state index in [9.17, 15) is 4.79 Å². The third-order valence-corrected chi connectivity index (χ3v) is 5.41. The molecule has 0 radical (unpaired) electrons. The Bertz CT molecular complexity index is 962. The van der Waals surface area contributed by atoms with Crippen LogP contribution in [0, 0.1) is 17.2 Å². The Morgan fingerprint density at radius 3 is 2.89 bits per heavy atom. The Labute approximate surface area is 159 Å². The largest absolute Gasteiger partial charge is 0.463 e. The van der Waals surface area contributed by atoms with Crippen molar-refractivity contribution in [3.05, 3.63) is 46.9 Å². The van der Waals surface area contributed by atoms with Gasteiger partial charge < -0.3 is 18.9 Å². The van der Waals surface area contributed by atoms with Crippen molar-refractivity contribution in [1.82, 2.24) is 4.98 Å². The minimum atomic E-state index is -0.0518. The number of nitriles is 1. The molecule has 4 rings (SSSR count). The van der Waals surface area contributed by atoms with Gasteiger partial charge >= 0.3 is 0 Å². The molecule has 27 heavy (non-hydrogen) atoms. The van der Waals surface area contributed by atoms with Crippen LogP contribution in [0.5, 0.6) is 0 Å². The fraction of sp³-hybridized carbons (Fsp3) is 0.316. The number of ether oxygens (including phenoxy) is 1. The van der Waals surface area contributed by atoms with Crippen LogP contribution in [0.1, 0.15) is 34.0 Å². The first-order chi connectivity index (χ1) is 13.2. The van der Waals surface area contributed by atoms with E-state index in [2.05, 4.69) is 10.3 Å². The lowest BCUT2D eigenvalue weighted by atomic mass is 9.94.